The van der Waals surface area contributed by atoms with Crippen molar-refractivity contribution in [3.63, 3.8) is 0 Å². The molecular weight excluding hydrogens is 204 g/mol. The van der Waals surface area contributed by atoms with E-state index in [9.17, 15) is 4.79 Å². The van der Waals surface area contributed by atoms with Crippen molar-refractivity contribution in [2.45, 2.75) is 26.3 Å². The van der Waals surface area contributed by atoms with E-state index in [1.165, 1.54) is 0 Å². The molecule has 0 aliphatic heterocycles. The molecule has 0 radical (unpaired) electrons. The molecule has 0 fully saturated rings. The fourth-order valence-electron chi connectivity index (χ4n) is 1.37. The highest BCUT2D eigenvalue weighted by Crippen LogP contribution is 2.10. The molecule has 5 heteroatoms. The SMILES string of the molecule is CNCCNc1nccn(C(C)(C)C)c1=O. The molecule has 0 saturated carbocycles. The third-order valence-electron chi connectivity index (χ3n) is 2.23. The van der Waals surface area contributed by atoms with Crippen LogP contribution < -0.4 is 16.2 Å². The minimum atomic E-state index is -0.223. The summed E-state index contributed by atoms with van der Waals surface area (Å²) < 4.78 is 1.68. The van der Waals surface area contributed by atoms with Gasteiger partial charge in [0.2, 0.25) is 0 Å². The van der Waals surface area contributed by atoms with Crippen molar-refractivity contribution in [2.24, 2.45) is 0 Å². The van der Waals surface area contributed by atoms with E-state index in [-0.39, 0.29) is 11.1 Å². The van der Waals surface area contributed by atoms with Crippen LogP contribution in [0.3, 0.4) is 0 Å². The minimum absolute atomic E-state index is 0.0777. The van der Waals surface area contributed by atoms with Gasteiger partial charge in [0, 0.05) is 31.0 Å². The van der Waals surface area contributed by atoms with Crippen molar-refractivity contribution >= 4 is 5.82 Å². The molecule has 0 bridgehead atoms. The summed E-state index contributed by atoms with van der Waals surface area (Å²) in [5, 5.41) is 6.02. The Labute approximate surface area is 95.9 Å². The highest BCUT2D eigenvalue weighted by atomic mass is 16.1. The maximum absolute atomic E-state index is 12.0. The Kier molecular flexibility index (Phi) is 4.06. The lowest BCUT2D eigenvalue weighted by molar-refractivity contribution is 0.383. The second-order valence-electron chi connectivity index (χ2n) is 4.65. The maximum atomic E-state index is 12.0. The van der Waals surface area contributed by atoms with E-state index in [4.69, 9.17) is 0 Å². The van der Waals surface area contributed by atoms with Crippen LogP contribution in [0.15, 0.2) is 17.2 Å². The molecule has 0 aliphatic carbocycles. The van der Waals surface area contributed by atoms with Crippen LogP contribution in [-0.4, -0.2) is 29.7 Å². The molecule has 1 heterocycles. The number of nitrogens with one attached hydrogen (secondary N) is 2. The minimum Gasteiger partial charge on any atom is -0.364 e. The summed E-state index contributed by atoms with van der Waals surface area (Å²) in [4.78, 5) is 16.1. The Hall–Kier alpha value is -1.36. The Morgan fingerprint density at radius 3 is 2.62 bits per heavy atom. The predicted octanol–water partition coefficient (Wildman–Crippen LogP) is 0.630. The summed E-state index contributed by atoms with van der Waals surface area (Å²) in [7, 11) is 1.87. The number of likely N-dealkylation sites (N-methyl/N-ethyl adjacent to an activating group) is 1. The van der Waals surface area contributed by atoms with Gasteiger partial charge in [-0.3, -0.25) is 4.79 Å². The van der Waals surface area contributed by atoms with Crippen LogP contribution in [0.2, 0.25) is 0 Å². The molecule has 0 atom stereocenters. The lowest BCUT2D eigenvalue weighted by Gasteiger charge is -2.22. The van der Waals surface area contributed by atoms with E-state index >= 15 is 0 Å². The van der Waals surface area contributed by atoms with Crippen molar-refractivity contribution in [3.05, 3.63) is 22.7 Å². The number of hydrogen-bond acceptors (Lipinski definition) is 4. The second kappa shape index (κ2) is 5.12. The van der Waals surface area contributed by atoms with Crippen LogP contribution in [0.1, 0.15) is 20.8 Å². The number of aromatic nitrogens is 2. The Balaban J connectivity index is 2.92. The summed E-state index contributed by atoms with van der Waals surface area (Å²) >= 11 is 0. The van der Waals surface area contributed by atoms with Crippen molar-refractivity contribution in [2.75, 3.05) is 25.5 Å². The van der Waals surface area contributed by atoms with Crippen molar-refractivity contribution in [1.29, 1.82) is 0 Å². The highest BCUT2D eigenvalue weighted by molar-refractivity contribution is 5.31. The smallest absolute Gasteiger partial charge is 0.293 e. The van der Waals surface area contributed by atoms with Gasteiger partial charge in [-0.05, 0) is 27.8 Å². The Bertz CT molecular complexity index is 392. The fraction of sp³-hybridized carbons (Fsp3) is 0.636. The van der Waals surface area contributed by atoms with Gasteiger partial charge >= 0.3 is 0 Å². The largest absolute Gasteiger partial charge is 0.364 e. The molecule has 5 nitrogen and oxygen atoms in total. The lowest BCUT2D eigenvalue weighted by Crippen LogP contribution is -2.35. The predicted molar refractivity (Wildman–Crippen MR) is 65.9 cm³/mol. The third kappa shape index (κ3) is 3.06. The zero-order valence-electron chi connectivity index (χ0n) is 10.4. The van der Waals surface area contributed by atoms with Crippen LogP contribution >= 0.6 is 0 Å². The molecule has 0 aliphatic rings. The molecular formula is C11H20N4O. The summed E-state index contributed by atoms with van der Waals surface area (Å²) in [5.74, 6) is 0.410. The lowest BCUT2D eigenvalue weighted by atomic mass is 10.1. The summed E-state index contributed by atoms with van der Waals surface area (Å²) in [6.07, 6.45) is 3.36. The van der Waals surface area contributed by atoms with Crippen LogP contribution in [0.5, 0.6) is 0 Å². The van der Waals surface area contributed by atoms with E-state index in [0.29, 0.717) is 12.4 Å². The zero-order chi connectivity index (χ0) is 12.2. The van der Waals surface area contributed by atoms with E-state index in [1.54, 1.807) is 17.0 Å². The van der Waals surface area contributed by atoms with Crippen molar-refractivity contribution in [1.82, 2.24) is 14.9 Å². The van der Waals surface area contributed by atoms with E-state index in [0.717, 1.165) is 6.54 Å². The van der Waals surface area contributed by atoms with Crippen molar-refractivity contribution in [3.8, 4) is 0 Å². The number of anilines is 1. The number of nitrogens with zero attached hydrogens (tertiary/aromatic N) is 2. The first-order valence-corrected chi connectivity index (χ1v) is 5.43. The standard InChI is InChI=1S/C11H20N4O/c1-11(2,3)15-8-7-14-9(10(15)16)13-6-5-12-4/h7-8,12H,5-6H2,1-4H3,(H,13,14). The third-order valence-corrected chi connectivity index (χ3v) is 2.23. The molecule has 0 unspecified atom stereocenters. The Morgan fingerprint density at radius 2 is 2.06 bits per heavy atom. The topological polar surface area (TPSA) is 59.0 Å². The van der Waals surface area contributed by atoms with Gasteiger partial charge < -0.3 is 15.2 Å². The van der Waals surface area contributed by atoms with Gasteiger partial charge in [-0.25, -0.2) is 4.98 Å². The van der Waals surface area contributed by atoms with Gasteiger partial charge in [-0.2, -0.15) is 0 Å². The van der Waals surface area contributed by atoms with Crippen molar-refractivity contribution < 1.29 is 0 Å². The first kappa shape index (κ1) is 12.7. The first-order chi connectivity index (χ1) is 7.46. The summed E-state index contributed by atoms with van der Waals surface area (Å²) in [6, 6.07) is 0. The van der Waals surface area contributed by atoms with Gasteiger partial charge in [0.05, 0.1) is 0 Å². The monoisotopic (exact) mass is 224 g/mol. The molecule has 1 aromatic heterocycles. The molecule has 0 amide bonds. The number of rotatable bonds is 4. The molecule has 0 aromatic carbocycles. The summed E-state index contributed by atoms with van der Waals surface area (Å²) in [6.45, 7) is 7.46. The molecule has 16 heavy (non-hydrogen) atoms. The van der Waals surface area contributed by atoms with Crippen LogP contribution in [0.4, 0.5) is 5.82 Å². The molecule has 1 rings (SSSR count). The summed E-state index contributed by atoms with van der Waals surface area (Å²) in [5.41, 5.74) is -0.300. The Morgan fingerprint density at radius 1 is 1.38 bits per heavy atom. The molecule has 90 valence electrons. The normalized spacial score (nSPS) is 11.5. The molecule has 0 saturated heterocycles. The average Bonchev–Trinajstić information content (AvgIpc) is 2.19. The first-order valence-electron chi connectivity index (χ1n) is 5.43. The van der Waals surface area contributed by atoms with Crippen LogP contribution in [-0.2, 0) is 5.54 Å². The van der Waals surface area contributed by atoms with Gasteiger partial charge in [0.1, 0.15) is 0 Å². The fourth-order valence-corrected chi connectivity index (χ4v) is 1.37. The van der Waals surface area contributed by atoms with Gasteiger partial charge in [0.15, 0.2) is 5.82 Å². The quantitative estimate of drug-likeness (QED) is 0.736. The van der Waals surface area contributed by atoms with E-state index < -0.39 is 0 Å². The average molecular weight is 224 g/mol. The van der Waals surface area contributed by atoms with Crippen LogP contribution in [0.25, 0.3) is 0 Å². The molecule has 0 spiro atoms. The van der Waals surface area contributed by atoms with Gasteiger partial charge in [0.25, 0.3) is 5.56 Å². The van der Waals surface area contributed by atoms with Crippen LogP contribution in [0, 0.1) is 0 Å². The second-order valence-corrected chi connectivity index (χ2v) is 4.65. The van der Waals surface area contributed by atoms with E-state index in [2.05, 4.69) is 15.6 Å². The zero-order valence-corrected chi connectivity index (χ0v) is 10.4. The van der Waals surface area contributed by atoms with E-state index in [1.807, 2.05) is 27.8 Å². The number of hydrogen-bond donors (Lipinski definition) is 2. The molecule has 1 aromatic rings. The highest BCUT2D eigenvalue weighted by Gasteiger charge is 2.16. The maximum Gasteiger partial charge on any atom is 0.293 e. The van der Waals surface area contributed by atoms with Gasteiger partial charge in [-0.1, -0.05) is 0 Å². The molecule has 2 N–H and O–H groups in total. The van der Waals surface area contributed by atoms with Gasteiger partial charge in [-0.15, -0.1) is 0 Å².